The number of nitrogens with zero attached hydrogens (tertiary/aromatic N) is 3. The average Bonchev–Trinajstić information content (AvgIpc) is 2.42. The lowest BCUT2D eigenvalue weighted by Gasteiger charge is -2.32. The van der Waals surface area contributed by atoms with Crippen LogP contribution in [0.3, 0.4) is 0 Å². The third-order valence-corrected chi connectivity index (χ3v) is 3.25. The van der Waals surface area contributed by atoms with Gasteiger partial charge in [-0.1, -0.05) is 6.92 Å². The highest BCUT2D eigenvalue weighted by Crippen LogP contribution is 2.22. The molecule has 0 amide bonds. The molecule has 0 aromatic carbocycles. The lowest BCUT2D eigenvalue weighted by atomic mass is 10.2. The van der Waals surface area contributed by atoms with Crippen LogP contribution in [0.2, 0.25) is 0 Å². The molecule has 19 heavy (non-hydrogen) atoms. The Hall–Kier alpha value is -1.27. The zero-order valence-electron chi connectivity index (χ0n) is 11.7. The van der Waals surface area contributed by atoms with Gasteiger partial charge < -0.3 is 10.1 Å². The van der Waals surface area contributed by atoms with Crippen LogP contribution in [0.25, 0.3) is 0 Å². The second kappa shape index (κ2) is 6.25. The SMILES string of the molecule is CCCN1CCOC(c2nc(C)c(F)c(NC)n2)C1. The van der Waals surface area contributed by atoms with Crippen molar-refractivity contribution in [2.24, 2.45) is 0 Å². The Morgan fingerprint density at radius 1 is 1.47 bits per heavy atom. The summed E-state index contributed by atoms with van der Waals surface area (Å²) in [5, 5.41) is 2.76. The van der Waals surface area contributed by atoms with E-state index in [1.807, 2.05) is 0 Å². The van der Waals surface area contributed by atoms with Crippen molar-refractivity contribution in [2.45, 2.75) is 26.4 Å². The van der Waals surface area contributed by atoms with Gasteiger partial charge in [-0.3, -0.25) is 4.90 Å². The van der Waals surface area contributed by atoms with Gasteiger partial charge >= 0.3 is 0 Å². The zero-order valence-corrected chi connectivity index (χ0v) is 11.7. The van der Waals surface area contributed by atoms with Crippen molar-refractivity contribution < 1.29 is 9.13 Å². The summed E-state index contributed by atoms with van der Waals surface area (Å²) in [6.07, 6.45) is 0.935. The predicted octanol–water partition coefficient (Wildman–Crippen LogP) is 1.75. The van der Waals surface area contributed by atoms with Gasteiger partial charge in [0.2, 0.25) is 0 Å². The summed E-state index contributed by atoms with van der Waals surface area (Å²) >= 11 is 0. The van der Waals surface area contributed by atoms with Crippen LogP contribution in [0.4, 0.5) is 10.2 Å². The Morgan fingerprint density at radius 2 is 2.26 bits per heavy atom. The van der Waals surface area contributed by atoms with Crippen LogP contribution < -0.4 is 5.32 Å². The molecular formula is C13H21FN4O. The highest BCUT2D eigenvalue weighted by atomic mass is 19.1. The number of morpholine rings is 1. The molecule has 1 unspecified atom stereocenters. The molecule has 0 radical (unpaired) electrons. The maximum absolute atomic E-state index is 13.7. The Morgan fingerprint density at radius 3 is 2.95 bits per heavy atom. The van der Waals surface area contributed by atoms with E-state index >= 15 is 0 Å². The first-order valence-corrected chi connectivity index (χ1v) is 6.71. The van der Waals surface area contributed by atoms with E-state index in [1.54, 1.807) is 14.0 Å². The highest BCUT2D eigenvalue weighted by Gasteiger charge is 2.25. The molecule has 0 saturated carbocycles. The number of hydrogen-bond acceptors (Lipinski definition) is 5. The zero-order chi connectivity index (χ0) is 13.8. The Kier molecular flexibility index (Phi) is 4.66. The minimum atomic E-state index is -0.396. The van der Waals surface area contributed by atoms with Crippen LogP contribution in [0.1, 0.15) is 31.0 Å². The number of aromatic nitrogens is 2. The van der Waals surface area contributed by atoms with Gasteiger partial charge in [0.1, 0.15) is 6.10 Å². The lowest BCUT2D eigenvalue weighted by Crippen LogP contribution is -2.39. The fourth-order valence-corrected chi connectivity index (χ4v) is 2.27. The molecule has 1 aromatic rings. The first-order chi connectivity index (χ1) is 9.15. The van der Waals surface area contributed by atoms with Gasteiger partial charge in [-0.2, -0.15) is 0 Å². The third-order valence-electron chi connectivity index (χ3n) is 3.25. The summed E-state index contributed by atoms with van der Waals surface area (Å²) in [4.78, 5) is 10.8. The van der Waals surface area contributed by atoms with Crippen molar-refractivity contribution in [3.63, 3.8) is 0 Å². The predicted molar refractivity (Wildman–Crippen MR) is 71.7 cm³/mol. The molecule has 2 rings (SSSR count). The molecule has 1 aromatic heterocycles. The molecule has 2 heterocycles. The molecule has 0 aliphatic carbocycles. The molecule has 0 bridgehead atoms. The topological polar surface area (TPSA) is 50.3 Å². The fraction of sp³-hybridized carbons (Fsp3) is 0.692. The van der Waals surface area contributed by atoms with E-state index in [4.69, 9.17) is 4.74 Å². The number of nitrogens with one attached hydrogen (secondary N) is 1. The van der Waals surface area contributed by atoms with Crippen LogP contribution >= 0.6 is 0 Å². The summed E-state index contributed by atoms with van der Waals surface area (Å²) < 4.78 is 19.4. The van der Waals surface area contributed by atoms with Crippen LogP contribution in [-0.4, -0.2) is 48.2 Å². The van der Waals surface area contributed by atoms with Crippen molar-refractivity contribution in [3.8, 4) is 0 Å². The molecule has 1 saturated heterocycles. The van der Waals surface area contributed by atoms with E-state index in [1.165, 1.54) is 0 Å². The smallest absolute Gasteiger partial charge is 0.186 e. The van der Waals surface area contributed by atoms with E-state index in [-0.39, 0.29) is 11.9 Å². The van der Waals surface area contributed by atoms with Gasteiger partial charge in [0, 0.05) is 20.1 Å². The lowest BCUT2D eigenvalue weighted by molar-refractivity contribution is -0.0342. The van der Waals surface area contributed by atoms with E-state index in [9.17, 15) is 4.39 Å². The molecule has 0 spiro atoms. The number of ether oxygens (including phenoxy) is 1. The monoisotopic (exact) mass is 268 g/mol. The Bertz CT molecular complexity index is 439. The number of aryl methyl sites for hydroxylation is 1. The summed E-state index contributed by atoms with van der Waals surface area (Å²) in [6, 6.07) is 0. The molecule has 5 nitrogen and oxygen atoms in total. The minimum absolute atomic E-state index is 0.174. The van der Waals surface area contributed by atoms with Crippen LogP contribution in [0.15, 0.2) is 0 Å². The Balaban J connectivity index is 2.19. The third kappa shape index (κ3) is 3.19. The first kappa shape index (κ1) is 14.1. The van der Waals surface area contributed by atoms with Gasteiger partial charge in [-0.25, -0.2) is 14.4 Å². The van der Waals surface area contributed by atoms with E-state index < -0.39 is 5.82 Å². The van der Waals surface area contributed by atoms with Gasteiger partial charge in [0.25, 0.3) is 0 Å². The molecule has 1 aliphatic heterocycles. The Labute approximate surface area is 113 Å². The summed E-state index contributed by atoms with van der Waals surface area (Å²) in [7, 11) is 1.65. The van der Waals surface area contributed by atoms with Crippen molar-refractivity contribution in [1.29, 1.82) is 0 Å². The van der Waals surface area contributed by atoms with E-state index in [2.05, 4.69) is 27.1 Å². The first-order valence-electron chi connectivity index (χ1n) is 6.71. The van der Waals surface area contributed by atoms with Gasteiger partial charge in [0.05, 0.1) is 12.3 Å². The van der Waals surface area contributed by atoms with E-state index in [0.717, 1.165) is 26.1 Å². The number of rotatable bonds is 4. The molecule has 1 fully saturated rings. The summed E-state index contributed by atoms with van der Waals surface area (Å²) in [5.74, 6) is 0.398. The molecule has 6 heteroatoms. The van der Waals surface area contributed by atoms with Gasteiger partial charge in [-0.15, -0.1) is 0 Å². The van der Waals surface area contributed by atoms with Crippen molar-refractivity contribution in [1.82, 2.24) is 14.9 Å². The second-order valence-electron chi connectivity index (χ2n) is 4.74. The van der Waals surface area contributed by atoms with Gasteiger partial charge in [-0.05, 0) is 19.9 Å². The maximum atomic E-state index is 13.7. The number of halogens is 1. The normalized spacial score (nSPS) is 20.5. The second-order valence-corrected chi connectivity index (χ2v) is 4.74. The summed E-state index contributed by atoms with van der Waals surface area (Å²) in [5.41, 5.74) is 0.352. The maximum Gasteiger partial charge on any atom is 0.186 e. The van der Waals surface area contributed by atoms with Crippen LogP contribution in [0.5, 0.6) is 0 Å². The molecule has 106 valence electrons. The molecule has 1 N–H and O–H groups in total. The van der Waals surface area contributed by atoms with Gasteiger partial charge in [0.15, 0.2) is 17.5 Å². The minimum Gasteiger partial charge on any atom is -0.371 e. The molecule has 1 aliphatic rings. The van der Waals surface area contributed by atoms with Crippen LogP contribution in [0, 0.1) is 12.7 Å². The molecular weight excluding hydrogens is 247 g/mol. The fourth-order valence-electron chi connectivity index (χ4n) is 2.27. The summed E-state index contributed by atoms with van der Waals surface area (Å²) in [6.45, 7) is 7.21. The largest absolute Gasteiger partial charge is 0.371 e. The van der Waals surface area contributed by atoms with Crippen molar-refractivity contribution in [2.75, 3.05) is 38.6 Å². The standard InChI is InChI=1S/C13H21FN4O/c1-4-5-18-6-7-19-10(8-18)12-16-9(2)11(14)13(15-3)17-12/h10H,4-8H2,1-3H3,(H,15,16,17). The van der Waals surface area contributed by atoms with E-state index in [0.29, 0.717) is 18.1 Å². The average molecular weight is 268 g/mol. The van der Waals surface area contributed by atoms with Crippen molar-refractivity contribution >= 4 is 5.82 Å². The van der Waals surface area contributed by atoms with Crippen LogP contribution in [-0.2, 0) is 4.74 Å². The highest BCUT2D eigenvalue weighted by molar-refractivity contribution is 5.37. The number of hydrogen-bond donors (Lipinski definition) is 1. The number of anilines is 1. The van der Waals surface area contributed by atoms with Crippen molar-refractivity contribution in [3.05, 3.63) is 17.3 Å². The quantitative estimate of drug-likeness (QED) is 0.901. The molecule has 1 atom stereocenters.